The molecule has 222 valence electrons. The Morgan fingerprint density at radius 3 is 2.57 bits per heavy atom. The van der Waals surface area contributed by atoms with Crippen LogP contribution in [0.3, 0.4) is 0 Å². The highest BCUT2D eigenvalue weighted by Crippen LogP contribution is 2.36. The number of nitrogens with zero attached hydrogens (tertiary/aromatic N) is 3. The number of thiophene rings is 1. The monoisotopic (exact) mass is 589 g/mol. The molecule has 3 heterocycles. The normalized spacial score (nSPS) is 16.5. The van der Waals surface area contributed by atoms with Crippen LogP contribution in [0.15, 0.2) is 61.3 Å². The zero-order valence-corrected chi connectivity index (χ0v) is 25.5. The van der Waals surface area contributed by atoms with Crippen LogP contribution >= 0.6 is 11.3 Å². The van der Waals surface area contributed by atoms with Gasteiger partial charge in [0.25, 0.3) is 0 Å². The van der Waals surface area contributed by atoms with E-state index in [4.69, 9.17) is 9.72 Å². The van der Waals surface area contributed by atoms with E-state index >= 15 is 0 Å². The van der Waals surface area contributed by atoms with Gasteiger partial charge in [-0.15, -0.1) is 11.3 Å². The highest BCUT2D eigenvalue weighted by molar-refractivity contribution is 7.16. The second kappa shape index (κ2) is 13.6. The van der Waals surface area contributed by atoms with Crippen LogP contribution in [0, 0.1) is 18.7 Å². The summed E-state index contributed by atoms with van der Waals surface area (Å²) in [5, 5.41) is 5.50. The molecule has 2 aliphatic rings. The van der Waals surface area contributed by atoms with Crippen LogP contribution < -0.4 is 15.4 Å². The second-order valence-corrected chi connectivity index (χ2v) is 12.6. The van der Waals surface area contributed by atoms with Crippen molar-refractivity contribution in [2.24, 2.45) is 5.92 Å². The van der Waals surface area contributed by atoms with E-state index in [-0.39, 0.29) is 17.8 Å². The summed E-state index contributed by atoms with van der Waals surface area (Å²) in [7, 11) is 0. The molecule has 1 aliphatic carbocycles. The van der Waals surface area contributed by atoms with Gasteiger partial charge in [-0.1, -0.05) is 32.6 Å². The molecule has 0 bridgehead atoms. The maximum atomic E-state index is 15.0. The van der Waals surface area contributed by atoms with Crippen molar-refractivity contribution < 1.29 is 13.9 Å². The minimum Gasteiger partial charge on any atom is -0.453 e. The Labute approximate surface area is 252 Å². The van der Waals surface area contributed by atoms with E-state index in [1.165, 1.54) is 24.2 Å². The molecule has 1 saturated heterocycles. The lowest BCUT2D eigenvalue weighted by molar-refractivity contribution is 0.117. The Kier molecular flexibility index (Phi) is 9.72. The van der Waals surface area contributed by atoms with Crippen LogP contribution in [0.25, 0.3) is 16.3 Å². The van der Waals surface area contributed by atoms with Crippen molar-refractivity contribution in [2.75, 3.05) is 38.0 Å². The number of carbonyl (C=O) groups excluding carboxylic acids is 1. The zero-order chi connectivity index (χ0) is 29.6. The number of piperazine rings is 1. The number of rotatable bonds is 11. The largest absolute Gasteiger partial charge is 0.453 e. The van der Waals surface area contributed by atoms with Gasteiger partial charge in [0, 0.05) is 63.3 Å². The first-order chi connectivity index (χ1) is 20.3. The van der Waals surface area contributed by atoms with Crippen molar-refractivity contribution in [2.45, 2.75) is 46.2 Å². The van der Waals surface area contributed by atoms with Crippen LogP contribution in [0.1, 0.15) is 42.7 Å². The number of halogens is 1. The highest BCUT2D eigenvalue weighted by atomic mass is 32.1. The van der Waals surface area contributed by atoms with E-state index in [1.807, 2.05) is 13.1 Å². The number of allylic oxidation sites excluding steroid dienone is 2. The fourth-order valence-electron chi connectivity index (χ4n) is 5.04. The van der Waals surface area contributed by atoms with Crippen molar-refractivity contribution in [1.82, 2.24) is 20.1 Å². The van der Waals surface area contributed by atoms with E-state index in [2.05, 4.69) is 59.1 Å². The lowest BCUT2D eigenvalue weighted by Gasteiger charge is -2.35. The van der Waals surface area contributed by atoms with E-state index in [1.54, 1.807) is 29.6 Å². The molecule has 0 spiro atoms. The van der Waals surface area contributed by atoms with Crippen molar-refractivity contribution in [1.29, 1.82) is 0 Å². The van der Waals surface area contributed by atoms with Gasteiger partial charge in [-0.25, -0.2) is 9.18 Å². The van der Waals surface area contributed by atoms with Crippen LogP contribution in [0.4, 0.5) is 14.9 Å². The summed E-state index contributed by atoms with van der Waals surface area (Å²) < 4.78 is 21.0. The topological polar surface area (TPSA) is 69.7 Å². The number of amides is 2. The summed E-state index contributed by atoms with van der Waals surface area (Å²) in [5.41, 5.74) is 3.47. The predicted octanol–water partition coefficient (Wildman–Crippen LogP) is 6.92. The molecular formula is C33H40FN5O2S. The van der Waals surface area contributed by atoms with Gasteiger partial charge in [0.2, 0.25) is 0 Å². The average Bonchev–Trinajstić information content (AvgIpc) is 3.68. The summed E-state index contributed by atoms with van der Waals surface area (Å²) in [6.45, 7) is 16.8. The number of pyridine rings is 1. The number of aromatic nitrogens is 1. The Hall–Kier alpha value is -3.53. The Morgan fingerprint density at radius 2 is 1.93 bits per heavy atom. The maximum Gasteiger partial charge on any atom is 0.319 e. The number of anilines is 1. The van der Waals surface area contributed by atoms with E-state index < -0.39 is 5.82 Å². The molecule has 2 amide bonds. The van der Waals surface area contributed by atoms with Crippen molar-refractivity contribution in [3.05, 3.63) is 83.1 Å². The Morgan fingerprint density at radius 1 is 1.17 bits per heavy atom. The summed E-state index contributed by atoms with van der Waals surface area (Å²) in [5.74, 6) is 0.699. The van der Waals surface area contributed by atoms with Gasteiger partial charge in [-0.05, 0) is 67.2 Å². The number of hydrogen-bond acceptors (Lipinski definition) is 6. The molecule has 5 rings (SSSR count). The number of benzene rings is 1. The van der Waals surface area contributed by atoms with Crippen molar-refractivity contribution in [3.8, 4) is 16.3 Å². The number of carbonyl (C=O) groups is 1. The molecule has 1 aliphatic heterocycles. The van der Waals surface area contributed by atoms with E-state index in [0.717, 1.165) is 66.6 Å². The number of nitrogens with one attached hydrogen (secondary N) is 2. The SMILES string of the molecule is C=CC=C(Oc1ccc(NC(=O)NC2CC2)cc1F)c1sc(-c2ccc(CN3CCN(CC(C)C)CC3)cn2)cc1C. The lowest BCUT2D eigenvalue weighted by atomic mass is 10.1. The van der Waals surface area contributed by atoms with Gasteiger partial charge >= 0.3 is 6.03 Å². The second-order valence-electron chi connectivity index (χ2n) is 11.5. The third-order valence-electron chi connectivity index (χ3n) is 7.30. The predicted molar refractivity (Wildman–Crippen MR) is 169 cm³/mol. The first kappa shape index (κ1) is 29.9. The number of urea groups is 1. The first-order valence-electron chi connectivity index (χ1n) is 14.7. The fraction of sp³-hybridized carbons (Fsp3) is 0.394. The zero-order valence-electron chi connectivity index (χ0n) is 24.7. The van der Waals surface area contributed by atoms with Gasteiger partial charge in [0.15, 0.2) is 11.6 Å². The molecule has 1 aromatic carbocycles. The van der Waals surface area contributed by atoms with E-state index in [9.17, 15) is 9.18 Å². The third kappa shape index (κ3) is 8.06. The molecule has 0 unspecified atom stereocenters. The molecule has 2 N–H and O–H groups in total. The van der Waals surface area contributed by atoms with Crippen molar-refractivity contribution in [3.63, 3.8) is 0 Å². The lowest BCUT2D eigenvalue weighted by Crippen LogP contribution is -2.46. The molecule has 9 heteroatoms. The molecule has 0 radical (unpaired) electrons. The van der Waals surface area contributed by atoms with Gasteiger partial charge in [0.1, 0.15) is 5.76 Å². The smallest absolute Gasteiger partial charge is 0.319 e. The molecule has 42 heavy (non-hydrogen) atoms. The summed E-state index contributed by atoms with van der Waals surface area (Å²) in [6.07, 6.45) is 7.29. The summed E-state index contributed by atoms with van der Waals surface area (Å²) >= 11 is 1.55. The number of aryl methyl sites for hydroxylation is 1. The Balaban J connectivity index is 1.22. The number of hydrogen-bond donors (Lipinski definition) is 2. The minimum absolute atomic E-state index is 0.0677. The van der Waals surface area contributed by atoms with Gasteiger partial charge in [-0.3, -0.25) is 9.88 Å². The molecular weight excluding hydrogens is 549 g/mol. The fourth-order valence-corrected chi connectivity index (χ4v) is 6.16. The standard InChI is InChI=1S/C33H40FN5O2S/c1-5-6-30(41-29-12-10-26(18-27(29)34)37-33(40)36-25-8-9-25)32-23(4)17-31(42-32)28-11-7-24(19-35-28)21-39-15-13-38(14-16-39)20-22(2)3/h5-7,10-12,17-19,22,25H,1,8-9,13-16,20-21H2,2-4H3,(H2,36,37,40). The third-order valence-corrected chi connectivity index (χ3v) is 8.58. The van der Waals surface area contributed by atoms with Crippen molar-refractivity contribution >= 4 is 28.8 Å². The molecule has 1 saturated carbocycles. The van der Waals surface area contributed by atoms with Crippen LogP contribution in [0.2, 0.25) is 0 Å². The van der Waals surface area contributed by atoms with Crippen LogP contribution in [-0.2, 0) is 6.54 Å². The number of ether oxygens (including phenoxy) is 1. The minimum atomic E-state index is -0.567. The van der Waals surface area contributed by atoms with Crippen LogP contribution in [0.5, 0.6) is 5.75 Å². The van der Waals surface area contributed by atoms with Gasteiger partial charge in [0.05, 0.1) is 15.4 Å². The quantitative estimate of drug-likeness (QED) is 0.188. The molecule has 2 aromatic heterocycles. The maximum absolute atomic E-state index is 15.0. The van der Waals surface area contributed by atoms with E-state index in [0.29, 0.717) is 17.4 Å². The molecule has 3 aromatic rings. The average molecular weight is 590 g/mol. The van der Waals surface area contributed by atoms with Gasteiger partial charge in [-0.2, -0.15) is 0 Å². The molecule has 2 fully saturated rings. The van der Waals surface area contributed by atoms with Crippen LogP contribution in [-0.4, -0.2) is 59.6 Å². The summed E-state index contributed by atoms with van der Waals surface area (Å²) in [4.78, 5) is 23.7. The summed E-state index contributed by atoms with van der Waals surface area (Å²) in [6, 6.07) is 10.6. The Bertz CT molecular complexity index is 1420. The van der Waals surface area contributed by atoms with Gasteiger partial charge < -0.3 is 20.3 Å². The highest BCUT2D eigenvalue weighted by Gasteiger charge is 2.23. The molecule has 7 nitrogen and oxygen atoms in total. The molecule has 0 atom stereocenters. The first-order valence-corrected chi connectivity index (χ1v) is 15.5.